The van der Waals surface area contributed by atoms with Crippen molar-refractivity contribution in [2.45, 2.75) is 44.6 Å². The van der Waals surface area contributed by atoms with Crippen molar-refractivity contribution in [2.24, 2.45) is 11.7 Å². The topological polar surface area (TPSA) is 64.9 Å². The van der Waals surface area contributed by atoms with Crippen LogP contribution in [0.15, 0.2) is 33.3 Å². The highest BCUT2D eigenvalue weighted by molar-refractivity contribution is 9.10. The van der Waals surface area contributed by atoms with Gasteiger partial charge in [-0.15, -0.1) is 0 Å². The second kappa shape index (κ2) is 6.71. The van der Waals surface area contributed by atoms with Gasteiger partial charge in [0.15, 0.2) is 5.82 Å². The molecule has 1 unspecified atom stereocenters. The summed E-state index contributed by atoms with van der Waals surface area (Å²) in [7, 11) is 0. The van der Waals surface area contributed by atoms with E-state index < -0.39 is 0 Å². The van der Waals surface area contributed by atoms with Crippen molar-refractivity contribution < 1.29 is 4.52 Å². The van der Waals surface area contributed by atoms with Crippen LogP contribution in [0.2, 0.25) is 0 Å². The highest BCUT2D eigenvalue weighted by atomic mass is 79.9. The second-order valence-electron chi connectivity index (χ2n) is 5.74. The number of nitrogens with zero attached hydrogens (tertiary/aromatic N) is 2. The molecule has 1 heterocycles. The molecule has 1 aromatic carbocycles. The molecule has 1 aliphatic carbocycles. The van der Waals surface area contributed by atoms with Gasteiger partial charge in [0.05, 0.1) is 6.04 Å². The minimum absolute atomic E-state index is 0.120. The molecule has 1 atom stereocenters. The van der Waals surface area contributed by atoms with Gasteiger partial charge >= 0.3 is 0 Å². The van der Waals surface area contributed by atoms with Gasteiger partial charge in [-0.05, 0) is 30.4 Å². The summed E-state index contributed by atoms with van der Waals surface area (Å²) in [5, 5.41) is 4.08. The summed E-state index contributed by atoms with van der Waals surface area (Å²) in [6.07, 6.45) is 6.83. The van der Waals surface area contributed by atoms with Gasteiger partial charge in [0, 0.05) is 10.9 Å². The number of nitrogens with two attached hydrogens (primary N) is 1. The minimum Gasteiger partial charge on any atom is -0.338 e. The Labute approximate surface area is 133 Å². The summed E-state index contributed by atoms with van der Waals surface area (Å²) in [4.78, 5) is 4.50. The third-order valence-electron chi connectivity index (χ3n) is 4.23. The number of hydrogen-bond acceptors (Lipinski definition) is 4. The molecule has 2 aromatic rings. The molecular weight excluding hydrogens is 330 g/mol. The van der Waals surface area contributed by atoms with Gasteiger partial charge in [-0.2, -0.15) is 4.98 Å². The van der Waals surface area contributed by atoms with Gasteiger partial charge < -0.3 is 10.3 Å². The van der Waals surface area contributed by atoms with Crippen molar-refractivity contribution in [3.63, 3.8) is 0 Å². The first-order valence-corrected chi connectivity index (χ1v) is 8.35. The fourth-order valence-electron chi connectivity index (χ4n) is 2.98. The van der Waals surface area contributed by atoms with Crippen LogP contribution in [0.1, 0.15) is 55.4 Å². The fraction of sp³-hybridized carbons (Fsp3) is 0.500. The van der Waals surface area contributed by atoms with E-state index in [1.807, 2.05) is 18.2 Å². The Morgan fingerprint density at radius 2 is 2.00 bits per heavy atom. The van der Waals surface area contributed by atoms with E-state index in [1.54, 1.807) is 0 Å². The van der Waals surface area contributed by atoms with Crippen molar-refractivity contribution in [2.75, 3.05) is 0 Å². The third-order valence-corrected chi connectivity index (χ3v) is 5.01. The van der Waals surface area contributed by atoms with Crippen molar-refractivity contribution in [3.05, 3.63) is 46.0 Å². The van der Waals surface area contributed by atoms with E-state index in [2.05, 4.69) is 32.1 Å². The molecule has 1 fully saturated rings. The molecule has 0 radical (unpaired) electrons. The van der Waals surface area contributed by atoms with Crippen molar-refractivity contribution in [1.82, 2.24) is 10.1 Å². The molecule has 1 aliphatic rings. The van der Waals surface area contributed by atoms with E-state index in [9.17, 15) is 0 Å². The molecule has 21 heavy (non-hydrogen) atoms. The molecular formula is C16H20BrN3O. The average Bonchev–Trinajstić information content (AvgIpc) is 2.98. The molecule has 0 amide bonds. The lowest BCUT2D eigenvalue weighted by Gasteiger charge is -2.24. The Kier molecular flexibility index (Phi) is 4.70. The average molecular weight is 350 g/mol. The van der Waals surface area contributed by atoms with Crippen LogP contribution < -0.4 is 5.73 Å². The van der Waals surface area contributed by atoms with E-state index in [-0.39, 0.29) is 6.04 Å². The van der Waals surface area contributed by atoms with Gasteiger partial charge in [-0.1, -0.05) is 58.5 Å². The summed E-state index contributed by atoms with van der Waals surface area (Å²) in [6.45, 7) is 0. The van der Waals surface area contributed by atoms with Gasteiger partial charge in [0.2, 0.25) is 5.89 Å². The van der Waals surface area contributed by atoms with Crippen molar-refractivity contribution >= 4 is 15.9 Å². The summed E-state index contributed by atoms with van der Waals surface area (Å²) in [5.41, 5.74) is 7.45. The minimum atomic E-state index is -0.120. The number of rotatable bonds is 4. The van der Waals surface area contributed by atoms with Crippen LogP contribution in [0.25, 0.3) is 0 Å². The predicted molar refractivity (Wildman–Crippen MR) is 84.7 cm³/mol. The van der Waals surface area contributed by atoms with E-state index in [1.165, 1.54) is 32.1 Å². The zero-order chi connectivity index (χ0) is 14.7. The van der Waals surface area contributed by atoms with Crippen LogP contribution >= 0.6 is 15.9 Å². The lowest BCUT2D eigenvalue weighted by molar-refractivity contribution is 0.255. The first-order valence-electron chi connectivity index (χ1n) is 7.55. The Hall–Kier alpha value is -1.20. The predicted octanol–water partition coefficient (Wildman–Crippen LogP) is 4.00. The number of hydrogen-bond donors (Lipinski definition) is 1. The van der Waals surface area contributed by atoms with Gasteiger partial charge in [0.1, 0.15) is 0 Å². The Morgan fingerprint density at radius 1 is 1.24 bits per heavy atom. The number of aromatic nitrogens is 2. The van der Waals surface area contributed by atoms with E-state index in [4.69, 9.17) is 10.3 Å². The maximum atomic E-state index is 6.30. The fourth-order valence-corrected chi connectivity index (χ4v) is 3.41. The quantitative estimate of drug-likeness (QED) is 0.905. The normalized spacial score (nSPS) is 17.8. The summed E-state index contributed by atoms with van der Waals surface area (Å²) in [6, 6.07) is 7.96. The maximum absolute atomic E-state index is 6.30. The number of halogens is 1. The lowest BCUT2D eigenvalue weighted by Crippen LogP contribution is -2.23. The molecule has 0 bridgehead atoms. The Balaban J connectivity index is 1.69. The SMILES string of the molecule is NC(c1nc(Cc2ccccc2Br)no1)C1CCCCC1. The highest BCUT2D eigenvalue weighted by Crippen LogP contribution is 2.32. The molecule has 0 aliphatic heterocycles. The summed E-state index contributed by atoms with van der Waals surface area (Å²) >= 11 is 3.54. The third kappa shape index (κ3) is 3.52. The lowest BCUT2D eigenvalue weighted by atomic mass is 9.84. The monoisotopic (exact) mass is 349 g/mol. The van der Waals surface area contributed by atoms with E-state index in [0.717, 1.165) is 10.0 Å². The van der Waals surface area contributed by atoms with Gasteiger partial charge in [-0.3, -0.25) is 0 Å². The second-order valence-corrected chi connectivity index (χ2v) is 6.60. The van der Waals surface area contributed by atoms with Crippen LogP contribution in [0.3, 0.4) is 0 Å². The van der Waals surface area contributed by atoms with Crippen molar-refractivity contribution in [3.8, 4) is 0 Å². The van der Waals surface area contributed by atoms with Crippen LogP contribution in [0.4, 0.5) is 0 Å². The summed E-state index contributed by atoms with van der Waals surface area (Å²) in [5.74, 6) is 1.77. The molecule has 3 rings (SSSR count). The van der Waals surface area contributed by atoms with Gasteiger partial charge in [0.25, 0.3) is 0 Å². The molecule has 4 nitrogen and oxygen atoms in total. The zero-order valence-electron chi connectivity index (χ0n) is 12.0. The highest BCUT2D eigenvalue weighted by Gasteiger charge is 2.26. The Bertz CT molecular complexity index is 593. The largest absolute Gasteiger partial charge is 0.338 e. The molecule has 0 spiro atoms. The van der Waals surface area contributed by atoms with Crippen LogP contribution in [0, 0.1) is 5.92 Å². The van der Waals surface area contributed by atoms with Crippen LogP contribution in [0.5, 0.6) is 0 Å². The van der Waals surface area contributed by atoms with Crippen LogP contribution in [-0.4, -0.2) is 10.1 Å². The zero-order valence-corrected chi connectivity index (χ0v) is 13.6. The Morgan fingerprint density at radius 3 is 2.76 bits per heavy atom. The number of benzene rings is 1. The molecule has 5 heteroatoms. The first-order chi connectivity index (χ1) is 10.2. The van der Waals surface area contributed by atoms with Crippen LogP contribution in [-0.2, 0) is 6.42 Å². The molecule has 1 saturated carbocycles. The first kappa shape index (κ1) is 14.7. The summed E-state index contributed by atoms with van der Waals surface area (Å²) < 4.78 is 6.45. The smallest absolute Gasteiger partial charge is 0.243 e. The standard InChI is InChI=1S/C16H20BrN3O/c17-13-9-5-4-8-12(13)10-14-19-16(21-20-14)15(18)11-6-2-1-3-7-11/h4-5,8-9,11,15H,1-3,6-7,10,18H2. The molecule has 1 aromatic heterocycles. The van der Waals surface area contributed by atoms with Gasteiger partial charge in [-0.25, -0.2) is 0 Å². The molecule has 0 saturated heterocycles. The molecule has 112 valence electrons. The van der Waals surface area contributed by atoms with E-state index in [0.29, 0.717) is 24.1 Å². The van der Waals surface area contributed by atoms with Crippen molar-refractivity contribution in [1.29, 1.82) is 0 Å². The maximum Gasteiger partial charge on any atom is 0.243 e. The van der Waals surface area contributed by atoms with E-state index >= 15 is 0 Å². The molecule has 2 N–H and O–H groups in total.